The van der Waals surface area contributed by atoms with Gasteiger partial charge in [0.1, 0.15) is 18.7 Å². The average molecular weight is 636 g/mol. The fraction of sp³-hybridized carbons (Fsp3) is 0.528. The van der Waals surface area contributed by atoms with E-state index >= 15 is 0 Å². The second kappa shape index (κ2) is 22.2. The van der Waals surface area contributed by atoms with E-state index in [0.29, 0.717) is 29.4 Å². The van der Waals surface area contributed by atoms with Crippen molar-refractivity contribution in [3.05, 3.63) is 94.2 Å². The molecule has 0 unspecified atom stereocenters. The lowest BCUT2D eigenvalue weighted by Crippen LogP contribution is -2.30. The highest BCUT2D eigenvalue weighted by Crippen LogP contribution is 2.21. The number of carbonyl (C=O) groups is 1. The Bertz CT molecular complexity index is 1330. The summed E-state index contributed by atoms with van der Waals surface area (Å²) in [6, 6.07) is 6.22. The van der Waals surface area contributed by atoms with Crippen LogP contribution in [0.25, 0.3) is 0 Å². The van der Waals surface area contributed by atoms with Gasteiger partial charge in [-0.15, -0.1) is 0 Å². The monoisotopic (exact) mass is 635 g/mol. The predicted molar refractivity (Wildman–Crippen MR) is 182 cm³/mol. The van der Waals surface area contributed by atoms with Crippen LogP contribution < -0.4 is 10.9 Å². The van der Waals surface area contributed by atoms with Gasteiger partial charge in [-0.2, -0.15) is 4.98 Å². The molecule has 2 aromatic heterocycles. The average Bonchev–Trinajstić information content (AvgIpc) is 3.04. The third kappa shape index (κ3) is 15.5. The third-order valence-electron chi connectivity index (χ3n) is 7.64. The van der Waals surface area contributed by atoms with E-state index in [1.54, 1.807) is 35.3 Å². The molecule has 0 aliphatic carbocycles. The molecule has 0 bridgehead atoms. The molecule has 0 spiro atoms. The molecule has 0 aliphatic heterocycles. The molecule has 45 heavy (non-hydrogen) atoms. The number of nitrogens with one attached hydrogen (secondary N) is 1. The molecule has 0 atom stereocenters. The summed E-state index contributed by atoms with van der Waals surface area (Å²) in [5, 5.41) is 3.47. The maximum absolute atomic E-state index is 13.3. The molecule has 2 heterocycles. The lowest BCUT2D eigenvalue weighted by Gasteiger charge is -2.14. The Morgan fingerprint density at radius 2 is 1.49 bits per heavy atom. The second-order valence-corrected chi connectivity index (χ2v) is 12.6. The Labute approximate surface area is 272 Å². The third-order valence-corrected chi connectivity index (χ3v) is 8.71. The number of benzene rings is 1. The fourth-order valence-electron chi connectivity index (χ4n) is 5.05. The smallest absolute Gasteiger partial charge is 0.277 e. The molecule has 1 amide bonds. The number of rotatable bonds is 23. The van der Waals surface area contributed by atoms with E-state index in [1.807, 2.05) is 0 Å². The Morgan fingerprint density at radius 3 is 2.16 bits per heavy atom. The number of carbonyl (C=O) groups excluding carboxylic acids is 1. The molecular formula is C36H50FN5O2S. The van der Waals surface area contributed by atoms with Gasteiger partial charge in [0.25, 0.3) is 5.56 Å². The quantitative estimate of drug-likeness (QED) is 0.0489. The van der Waals surface area contributed by atoms with Crippen LogP contribution in [0.15, 0.2) is 71.3 Å². The lowest BCUT2D eigenvalue weighted by molar-refractivity contribution is -0.121. The summed E-state index contributed by atoms with van der Waals surface area (Å²) in [5.74, 6) is 0.0766. The van der Waals surface area contributed by atoms with Crippen LogP contribution >= 0.6 is 11.8 Å². The molecule has 7 nitrogen and oxygen atoms in total. The number of hydrogen-bond donors (Lipinski definition) is 1. The lowest BCUT2D eigenvalue weighted by atomic mass is 10.1. The van der Waals surface area contributed by atoms with Crippen molar-refractivity contribution < 1.29 is 9.18 Å². The van der Waals surface area contributed by atoms with Gasteiger partial charge in [0, 0.05) is 42.9 Å². The van der Waals surface area contributed by atoms with Crippen LogP contribution in [-0.4, -0.2) is 32.0 Å². The summed E-state index contributed by atoms with van der Waals surface area (Å²) in [5.41, 5.74) is 1.81. The molecule has 3 aromatic rings. The Balaban J connectivity index is 1.37. The Hall–Kier alpha value is -3.33. The molecule has 1 N–H and O–H groups in total. The number of unbranched alkanes of at least 4 members (excludes halogenated alkanes) is 12. The summed E-state index contributed by atoms with van der Waals surface area (Å²) >= 11 is 1.35. The highest BCUT2D eigenvalue weighted by Gasteiger charge is 2.13. The minimum absolute atomic E-state index is 0.0592. The van der Waals surface area contributed by atoms with Crippen LogP contribution in [0.2, 0.25) is 0 Å². The summed E-state index contributed by atoms with van der Waals surface area (Å²) < 4.78 is 15.1. The molecule has 3 rings (SSSR count). The first-order chi connectivity index (χ1) is 22.0. The normalized spacial score (nSPS) is 11.3. The van der Waals surface area contributed by atoms with E-state index in [9.17, 15) is 14.0 Å². The first kappa shape index (κ1) is 36.1. The fourth-order valence-corrected chi connectivity index (χ4v) is 5.97. The zero-order chi connectivity index (χ0) is 32.0. The van der Waals surface area contributed by atoms with Crippen molar-refractivity contribution in [3.8, 4) is 0 Å². The minimum Gasteiger partial charge on any atom is -0.355 e. The molecular weight excluding hydrogens is 585 g/mol. The van der Waals surface area contributed by atoms with Crippen LogP contribution in [0.3, 0.4) is 0 Å². The SMILES string of the molecule is CCCCCCCC/C=C\CCCCCCCCNC(=O)Cn1cc(Cc2cncnc2)c(=O)nc1SCc1ccc(F)cc1. The number of amides is 1. The second-order valence-electron chi connectivity index (χ2n) is 11.6. The van der Waals surface area contributed by atoms with Gasteiger partial charge in [0.2, 0.25) is 5.91 Å². The van der Waals surface area contributed by atoms with E-state index in [-0.39, 0.29) is 23.8 Å². The van der Waals surface area contributed by atoms with Crippen LogP contribution in [0.5, 0.6) is 0 Å². The summed E-state index contributed by atoms with van der Waals surface area (Å²) in [4.78, 5) is 38.1. The molecule has 0 fully saturated rings. The standard InChI is InChI=1S/C36H50FN5O2S/c1-2-3-4-5-6-7-8-9-10-11-12-13-14-15-16-17-22-40-34(43)27-42-26-32(23-31-24-38-29-39-25-31)35(44)41-36(42)45-28-30-18-20-33(37)21-19-30/h9-10,18-21,24-26,29H,2-8,11-17,22-23,27-28H2,1H3,(H,40,43)/b10-9-. The number of nitrogens with zero attached hydrogens (tertiary/aromatic N) is 4. The van der Waals surface area contributed by atoms with Crippen molar-refractivity contribution in [2.75, 3.05) is 6.54 Å². The maximum atomic E-state index is 13.3. The molecule has 1 aromatic carbocycles. The Morgan fingerprint density at radius 1 is 0.867 bits per heavy atom. The van der Waals surface area contributed by atoms with E-state index in [2.05, 4.69) is 39.3 Å². The van der Waals surface area contributed by atoms with Gasteiger partial charge in [0.15, 0.2) is 5.16 Å². The molecule has 9 heteroatoms. The van der Waals surface area contributed by atoms with Crippen LogP contribution in [0.4, 0.5) is 4.39 Å². The minimum atomic E-state index is -0.346. The van der Waals surface area contributed by atoms with Crippen LogP contribution in [0.1, 0.15) is 114 Å². The first-order valence-electron chi connectivity index (χ1n) is 16.7. The zero-order valence-corrected chi connectivity index (χ0v) is 27.7. The van der Waals surface area contributed by atoms with E-state index in [0.717, 1.165) is 24.0 Å². The largest absolute Gasteiger partial charge is 0.355 e. The summed E-state index contributed by atoms with van der Waals surface area (Å²) in [6.07, 6.45) is 29.0. The van der Waals surface area contributed by atoms with Crippen molar-refractivity contribution in [3.63, 3.8) is 0 Å². The van der Waals surface area contributed by atoms with Crippen molar-refractivity contribution in [1.82, 2.24) is 24.8 Å². The number of hydrogen-bond acceptors (Lipinski definition) is 6. The van der Waals surface area contributed by atoms with Crippen molar-refractivity contribution in [2.24, 2.45) is 0 Å². The highest BCUT2D eigenvalue weighted by molar-refractivity contribution is 7.98. The van der Waals surface area contributed by atoms with Crippen LogP contribution in [-0.2, 0) is 23.5 Å². The van der Waals surface area contributed by atoms with Crippen molar-refractivity contribution in [2.45, 2.75) is 121 Å². The molecule has 0 radical (unpaired) electrons. The highest BCUT2D eigenvalue weighted by atomic mass is 32.2. The number of halogens is 1. The maximum Gasteiger partial charge on any atom is 0.277 e. The molecule has 0 aliphatic rings. The number of thioether (sulfide) groups is 1. The molecule has 0 saturated heterocycles. The van der Waals surface area contributed by atoms with Crippen molar-refractivity contribution in [1.29, 1.82) is 0 Å². The van der Waals surface area contributed by atoms with Gasteiger partial charge in [-0.05, 0) is 55.4 Å². The van der Waals surface area contributed by atoms with Gasteiger partial charge in [-0.25, -0.2) is 14.4 Å². The van der Waals surface area contributed by atoms with Gasteiger partial charge in [0.05, 0.1) is 0 Å². The topological polar surface area (TPSA) is 89.8 Å². The van der Waals surface area contributed by atoms with Crippen molar-refractivity contribution >= 4 is 17.7 Å². The Kier molecular flexibility index (Phi) is 17.8. The number of allylic oxidation sites excluding steroid dienone is 2. The van der Waals surface area contributed by atoms with E-state index < -0.39 is 0 Å². The number of aromatic nitrogens is 4. The van der Waals surface area contributed by atoms with Gasteiger partial charge < -0.3 is 9.88 Å². The van der Waals surface area contributed by atoms with Crippen LogP contribution in [0, 0.1) is 5.82 Å². The molecule has 244 valence electrons. The van der Waals surface area contributed by atoms with Gasteiger partial charge in [-0.1, -0.05) is 101 Å². The summed E-state index contributed by atoms with van der Waals surface area (Å²) in [7, 11) is 0. The summed E-state index contributed by atoms with van der Waals surface area (Å²) in [6.45, 7) is 2.94. The van der Waals surface area contributed by atoms with E-state index in [4.69, 9.17) is 0 Å². The van der Waals surface area contributed by atoms with E-state index in [1.165, 1.54) is 107 Å². The van der Waals surface area contributed by atoms with Gasteiger partial charge in [-0.3, -0.25) is 9.59 Å². The molecule has 0 saturated carbocycles. The first-order valence-corrected chi connectivity index (χ1v) is 17.7. The predicted octanol–water partition coefficient (Wildman–Crippen LogP) is 8.21. The zero-order valence-electron chi connectivity index (χ0n) is 26.9. The van der Waals surface area contributed by atoms with Gasteiger partial charge >= 0.3 is 0 Å².